The minimum atomic E-state index is -0.0662. The third-order valence-corrected chi connectivity index (χ3v) is 5.02. The number of rotatable bonds is 5. The fourth-order valence-corrected chi connectivity index (χ4v) is 3.62. The van der Waals surface area contributed by atoms with Gasteiger partial charge in [0, 0.05) is 18.8 Å². The predicted octanol–water partition coefficient (Wildman–Crippen LogP) is 2.74. The van der Waals surface area contributed by atoms with Crippen molar-refractivity contribution in [3.63, 3.8) is 0 Å². The number of hydrogen-bond donors (Lipinski definition) is 0. The lowest BCUT2D eigenvalue weighted by molar-refractivity contribution is -0.120. The average Bonchev–Trinajstić information content (AvgIpc) is 3.11. The fraction of sp³-hybridized carbons (Fsp3) is 0.381. The Morgan fingerprint density at radius 2 is 1.92 bits per heavy atom. The molecule has 5 heteroatoms. The van der Waals surface area contributed by atoms with Crippen LogP contribution >= 0.6 is 0 Å². The van der Waals surface area contributed by atoms with Crippen molar-refractivity contribution in [2.24, 2.45) is 0 Å². The Hall–Kier alpha value is -2.53. The number of likely N-dealkylation sites (N-methyl/N-ethyl adjacent to an activating group) is 1. The zero-order valence-corrected chi connectivity index (χ0v) is 15.1. The van der Waals surface area contributed by atoms with Crippen LogP contribution in [0.25, 0.3) is 0 Å². The molecule has 4 rings (SSSR count). The third-order valence-electron chi connectivity index (χ3n) is 5.02. The van der Waals surface area contributed by atoms with E-state index < -0.39 is 0 Å². The van der Waals surface area contributed by atoms with Crippen molar-refractivity contribution < 1.29 is 14.3 Å². The van der Waals surface area contributed by atoms with E-state index in [1.54, 1.807) is 0 Å². The molecule has 2 aliphatic rings. The number of hydrogen-bond acceptors (Lipinski definition) is 4. The van der Waals surface area contributed by atoms with Gasteiger partial charge in [0.25, 0.3) is 0 Å². The van der Waals surface area contributed by atoms with Crippen LogP contribution in [0.2, 0.25) is 0 Å². The van der Waals surface area contributed by atoms with Gasteiger partial charge in [0.15, 0.2) is 11.5 Å². The molecule has 0 saturated heterocycles. The molecule has 0 spiro atoms. The zero-order chi connectivity index (χ0) is 17.9. The van der Waals surface area contributed by atoms with Gasteiger partial charge < -0.3 is 14.4 Å². The van der Waals surface area contributed by atoms with Crippen LogP contribution in [0.5, 0.6) is 11.5 Å². The Morgan fingerprint density at radius 1 is 1.15 bits per heavy atom. The van der Waals surface area contributed by atoms with Gasteiger partial charge in [-0.2, -0.15) is 0 Å². The van der Waals surface area contributed by atoms with E-state index in [1.807, 2.05) is 47.4 Å². The molecular formula is C21H24N2O3. The molecule has 2 aromatic rings. The Morgan fingerprint density at radius 3 is 2.77 bits per heavy atom. The zero-order valence-electron chi connectivity index (χ0n) is 15.1. The van der Waals surface area contributed by atoms with Gasteiger partial charge in [0.1, 0.15) is 12.7 Å². The number of nitrogens with zero attached hydrogens (tertiary/aromatic N) is 2. The summed E-state index contributed by atoms with van der Waals surface area (Å²) in [5, 5.41) is 0. The summed E-state index contributed by atoms with van der Waals surface area (Å²) in [6.45, 7) is 5.21. The number of carbonyl (C=O) groups is 1. The maximum absolute atomic E-state index is 12.8. The Kier molecular flexibility index (Phi) is 4.80. The molecule has 0 radical (unpaired) electrons. The van der Waals surface area contributed by atoms with Crippen LogP contribution in [-0.2, 0) is 11.2 Å². The molecule has 0 N–H and O–H groups in total. The van der Waals surface area contributed by atoms with Crippen molar-refractivity contribution in [2.75, 3.05) is 37.7 Å². The van der Waals surface area contributed by atoms with Gasteiger partial charge in [-0.3, -0.25) is 9.69 Å². The topological polar surface area (TPSA) is 42.0 Å². The second kappa shape index (κ2) is 7.38. The molecule has 0 bridgehead atoms. The maximum atomic E-state index is 12.8. The molecule has 2 aliphatic heterocycles. The van der Waals surface area contributed by atoms with Crippen LogP contribution in [0.4, 0.5) is 5.69 Å². The first kappa shape index (κ1) is 16.9. The molecule has 0 saturated carbocycles. The van der Waals surface area contributed by atoms with Gasteiger partial charge in [0.2, 0.25) is 5.91 Å². The number of fused-ring (bicyclic) bond motifs is 2. The highest BCUT2D eigenvalue weighted by atomic mass is 16.6. The van der Waals surface area contributed by atoms with Gasteiger partial charge in [-0.05, 0) is 36.7 Å². The van der Waals surface area contributed by atoms with E-state index in [9.17, 15) is 4.79 Å². The SMILES string of the molecule is CCN(CC(=O)N1CCc2ccccc21)CC1COc2ccccc2O1. The largest absolute Gasteiger partial charge is 0.486 e. The standard InChI is InChI=1S/C21H24N2O3/c1-2-22(13-17-15-25-19-9-5-6-10-20(19)26-17)14-21(24)23-12-11-16-7-3-4-8-18(16)23/h3-10,17H,2,11-15H2,1H3. The van der Waals surface area contributed by atoms with Crippen LogP contribution in [0.3, 0.4) is 0 Å². The quantitative estimate of drug-likeness (QED) is 0.830. The molecule has 2 aromatic carbocycles. The normalized spacial score (nSPS) is 18.1. The second-order valence-electron chi connectivity index (χ2n) is 6.75. The van der Waals surface area contributed by atoms with Gasteiger partial charge in [-0.25, -0.2) is 0 Å². The van der Waals surface area contributed by atoms with Crippen LogP contribution in [-0.4, -0.2) is 49.7 Å². The third kappa shape index (κ3) is 3.40. The van der Waals surface area contributed by atoms with Crippen LogP contribution in [0.1, 0.15) is 12.5 Å². The van der Waals surface area contributed by atoms with E-state index in [1.165, 1.54) is 5.56 Å². The highest BCUT2D eigenvalue weighted by Gasteiger charge is 2.27. The number of anilines is 1. The van der Waals surface area contributed by atoms with E-state index in [4.69, 9.17) is 9.47 Å². The van der Waals surface area contributed by atoms with Gasteiger partial charge in [0.05, 0.1) is 6.54 Å². The smallest absolute Gasteiger partial charge is 0.241 e. The van der Waals surface area contributed by atoms with Crippen LogP contribution in [0.15, 0.2) is 48.5 Å². The summed E-state index contributed by atoms with van der Waals surface area (Å²) in [5.41, 5.74) is 2.31. The van der Waals surface area contributed by atoms with Crippen molar-refractivity contribution >= 4 is 11.6 Å². The van der Waals surface area contributed by atoms with Gasteiger partial charge >= 0.3 is 0 Å². The van der Waals surface area contributed by atoms with Crippen molar-refractivity contribution in [1.82, 2.24) is 4.90 Å². The molecule has 1 unspecified atom stereocenters. The summed E-state index contributed by atoms with van der Waals surface area (Å²) in [6.07, 6.45) is 0.869. The Bertz CT molecular complexity index is 792. The van der Waals surface area contributed by atoms with E-state index >= 15 is 0 Å². The summed E-state index contributed by atoms with van der Waals surface area (Å²) in [5.74, 6) is 1.71. The Balaban J connectivity index is 1.37. The average molecular weight is 352 g/mol. The maximum Gasteiger partial charge on any atom is 0.241 e. The summed E-state index contributed by atoms with van der Waals surface area (Å²) in [6, 6.07) is 15.9. The molecule has 0 fully saturated rings. The van der Waals surface area contributed by atoms with Crippen LogP contribution in [0, 0.1) is 0 Å². The van der Waals surface area contributed by atoms with Crippen molar-refractivity contribution in [2.45, 2.75) is 19.4 Å². The van der Waals surface area contributed by atoms with E-state index in [2.05, 4.69) is 17.9 Å². The molecule has 1 atom stereocenters. The van der Waals surface area contributed by atoms with Gasteiger partial charge in [-0.15, -0.1) is 0 Å². The lowest BCUT2D eigenvalue weighted by atomic mass is 10.2. The molecule has 26 heavy (non-hydrogen) atoms. The van der Waals surface area contributed by atoms with Crippen molar-refractivity contribution in [1.29, 1.82) is 0 Å². The number of carbonyl (C=O) groups excluding carboxylic acids is 1. The second-order valence-corrected chi connectivity index (χ2v) is 6.75. The van der Waals surface area contributed by atoms with Gasteiger partial charge in [-0.1, -0.05) is 37.3 Å². The molecule has 136 valence electrons. The first-order valence-corrected chi connectivity index (χ1v) is 9.23. The minimum Gasteiger partial charge on any atom is -0.486 e. The molecule has 2 heterocycles. The predicted molar refractivity (Wildman–Crippen MR) is 101 cm³/mol. The highest BCUT2D eigenvalue weighted by molar-refractivity contribution is 5.96. The molecule has 5 nitrogen and oxygen atoms in total. The van der Waals surface area contributed by atoms with E-state index in [0.29, 0.717) is 19.7 Å². The summed E-state index contributed by atoms with van der Waals surface area (Å²) < 4.78 is 11.8. The highest BCUT2D eigenvalue weighted by Crippen LogP contribution is 2.31. The number of para-hydroxylation sites is 3. The van der Waals surface area contributed by atoms with Crippen LogP contribution < -0.4 is 14.4 Å². The molecular weight excluding hydrogens is 328 g/mol. The number of ether oxygens (including phenoxy) is 2. The monoisotopic (exact) mass is 352 g/mol. The molecule has 1 amide bonds. The van der Waals surface area contributed by atoms with E-state index in [0.717, 1.165) is 36.7 Å². The fourth-order valence-electron chi connectivity index (χ4n) is 3.62. The van der Waals surface area contributed by atoms with E-state index in [-0.39, 0.29) is 12.0 Å². The number of amides is 1. The summed E-state index contributed by atoms with van der Waals surface area (Å²) in [7, 11) is 0. The Labute approximate surface area is 154 Å². The first-order chi connectivity index (χ1) is 12.7. The first-order valence-electron chi connectivity index (χ1n) is 9.23. The summed E-state index contributed by atoms with van der Waals surface area (Å²) >= 11 is 0. The minimum absolute atomic E-state index is 0.0662. The molecule has 0 aromatic heterocycles. The molecule has 0 aliphatic carbocycles. The summed E-state index contributed by atoms with van der Waals surface area (Å²) in [4.78, 5) is 16.9. The lowest BCUT2D eigenvalue weighted by Gasteiger charge is -2.31. The van der Waals surface area contributed by atoms with Crippen molar-refractivity contribution in [3.05, 3.63) is 54.1 Å². The number of benzene rings is 2. The van der Waals surface area contributed by atoms with Crippen molar-refractivity contribution in [3.8, 4) is 11.5 Å². The lowest BCUT2D eigenvalue weighted by Crippen LogP contribution is -2.45.